The minimum absolute atomic E-state index is 0.221. The largest absolute Gasteiger partial charge is 0.466 e. The van der Waals surface area contributed by atoms with Crippen LogP contribution in [0.25, 0.3) is 22.4 Å². The smallest absolute Gasteiger partial charge is 0.339 e. The topological polar surface area (TPSA) is 98.7 Å². The van der Waals surface area contributed by atoms with Gasteiger partial charge in [-0.05, 0) is 50.5 Å². The summed E-state index contributed by atoms with van der Waals surface area (Å²) in [6.07, 6.45) is 0.959. The quantitative estimate of drug-likeness (QED) is 0.365. The standard InChI is InChI=1S/C26H27N3O5/c1-6-18-7-9-19(10-8-18)13-29(5)23(30)14-32-26(31)21-12-22(20-11-15(2)33-17(20)4)27-25-24(21)16(3)28-34-25/h7-12H,6,13-14H2,1-5H3. The summed E-state index contributed by atoms with van der Waals surface area (Å²) in [6.45, 7) is 7.52. The highest BCUT2D eigenvalue weighted by molar-refractivity contribution is 6.04. The maximum absolute atomic E-state index is 13.0. The SMILES string of the molecule is CCc1ccc(CN(C)C(=O)COC(=O)c2cc(-c3cc(C)oc3C)nc3onc(C)c23)cc1. The molecule has 0 bridgehead atoms. The number of aryl methyl sites for hydroxylation is 4. The Balaban J connectivity index is 1.51. The molecular formula is C26H27N3O5. The van der Waals surface area contributed by atoms with Crippen LogP contribution in [-0.2, 0) is 22.5 Å². The van der Waals surface area contributed by atoms with Crippen molar-refractivity contribution in [3.05, 3.63) is 70.3 Å². The van der Waals surface area contributed by atoms with Crippen LogP contribution in [0.2, 0.25) is 0 Å². The molecule has 0 spiro atoms. The Kier molecular flexibility index (Phi) is 6.49. The van der Waals surface area contributed by atoms with Gasteiger partial charge in [0, 0.05) is 19.2 Å². The molecule has 0 aliphatic rings. The number of carbonyl (C=O) groups is 2. The van der Waals surface area contributed by atoms with Crippen LogP contribution in [-0.4, -0.2) is 40.6 Å². The zero-order valence-electron chi connectivity index (χ0n) is 20.0. The summed E-state index contributed by atoms with van der Waals surface area (Å²) >= 11 is 0. The second kappa shape index (κ2) is 9.51. The van der Waals surface area contributed by atoms with Gasteiger partial charge in [-0.2, -0.15) is 0 Å². The first-order valence-corrected chi connectivity index (χ1v) is 11.1. The molecule has 0 aliphatic carbocycles. The fourth-order valence-electron chi connectivity index (χ4n) is 3.84. The summed E-state index contributed by atoms with van der Waals surface area (Å²) in [5.74, 6) is 0.447. The van der Waals surface area contributed by atoms with E-state index in [1.54, 1.807) is 20.0 Å². The molecule has 0 saturated carbocycles. The van der Waals surface area contributed by atoms with Crippen molar-refractivity contribution in [2.75, 3.05) is 13.7 Å². The number of aromatic nitrogens is 2. The second-order valence-electron chi connectivity index (χ2n) is 8.33. The Hall–Kier alpha value is -3.94. The van der Waals surface area contributed by atoms with Crippen LogP contribution < -0.4 is 0 Å². The van der Waals surface area contributed by atoms with Crippen LogP contribution in [0.1, 0.15) is 45.6 Å². The third kappa shape index (κ3) is 4.71. The van der Waals surface area contributed by atoms with Crippen molar-refractivity contribution in [3.63, 3.8) is 0 Å². The van der Waals surface area contributed by atoms with E-state index in [1.165, 1.54) is 10.5 Å². The second-order valence-corrected chi connectivity index (χ2v) is 8.33. The average Bonchev–Trinajstić information content (AvgIpc) is 3.37. The maximum atomic E-state index is 13.0. The van der Waals surface area contributed by atoms with Crippen molar-refractivity contribution in [3.8, 4) is 11.3 Å². The van der Waals surface area contributed by atoms with E-state index in [9.17, 15) is 9.59 Å². The van der Waals surface area contributed by atoms with Crippen LogP contribution in [0.4, 0.5) is 0 Å². The molecule has 1 amide bonds. The number of likely N-dealkylation sites (N-methyl/N-ethyl adjacent to an activating group) is 1. The number of benzene rings is 1. The summed E-state index contributed by atoms with van der Waals surface area (Å²) in [5.41, 5.74) is 4.46. The Labute approximate surface area is 197 Å². The lowest BCUT2D eigenvalue weighted by atomic mass is 10.1. The van der Waals surface area contributed by atoms with Crippen molar-refractivity contribution >= 4 is 23.0 Å². The number of carbonyl (C=O) groups excluding carboxylic acids is 2. The lowest BCUT2D eigenvalue weighted by Gasteiger charge is -2.17. The van der Waals surface area contributed by atoms with Gasteiger partial charge in [0.1, 0.15) is 11.5 Å². The summed E-state index contributed by atoms with van der Waals surface area (Å²) in [6, 6.07) is 11.5. The van der Waals surface area contributed by atoms with Crippen LogP contribution >= 0.6 is 0 Å². The first-order chi connectivity index (χ1) is 16.3. The van der Waals surface area contributed by atoms with Crippen molar-refractivity contribution in [2.45, 2.75) is 40.7 Å². The van der Waals surface area contributed by atoms with E-state index in [2.05, 4.69) is 17.1 Å². The average molecular weight is 462 g/mol. The molecule has 0 aliphatic heterocycles. The number of pyridine rings is 1. The van der Waals surface area contributed by atoms with Crippen molar-refractivity contribution in [1.29, 1.82) is 0 Å². The van der Waals surface area contributed by atoms with Crippen LogP contribution in [0.15, 0.2) is 45.3 Å². The van der Waals surface area contributed by atoms with E-state index in [4.69, 9.17) is 13.7 Å². The van der Waals surface area contributed by atoms with Gasteiger partial charge in [-0.3, -0.25) is 4.79 Å². The number of hydrogen-bond acceptors (Lipinski definition) is 7. The van der Waals surface area contributed by atoms with Crippen molar-refractivity contribution in [2.24, 2.45) is 0 Å². The zero-order chi connectivity index (χ0) is 24.4. The van der Waals surface area contributed by atoms with Crippen LogP contribution in [0.3, 0.4) is 0 Å². The molecule has 1 aromatic carbocycles. The van der Waals surface area contributed by atoms with E-state index >= 15 is 0 Å². The molecule has 0 saturated heterocycles. The van der Waals surface area contributed by atoms with Gasteiger partial charge in [0.2, 0.25) is 0 Å². The van der Waals surface area contributed by atoms with Gasteiger partial charge in [-0.25, -0.2) is 9.78 Å². The number of rotatable bonds is 7. The van der Waals surface area contributed by atoms with Crippen molar-refractivity contribution in [1.82, 2.24) is 15.0 Å². The van der Waals surface area contributed by atoms with Crippen LogP contribution in [0, 0.1) is 20.8 Å². The molecule has 0 fully saturated rings. The molecule has 0 unspecified atom stereocenters. The predicted molar refractivity (Wildman–Crippen MR) is 126 cm³/mol. The Morgan fingerprint density at radius 3 is 2.41 bits per heavy atom. The molecule has 4 rings (SSSR count). The lowest BCUT2D eigenvalue weighted by molar-refractivity contribution is -0.133. The molecule has 4 aromatic rings. The van der Waals surface area contributed by atoms with Gasteiger partial charge < -0.3 is 18.6 Å². The molecule has 8 heteroatoms. The third-order valence-electron chi connectivity index (χ3n) is 5.76. The molecule has 0 radical (unpaired) electrons. The van der Waals surface area contributed by atoms with Gasteiger partial charge in [-0.1, -0.05) is 36.3 Å². The van der Waals surface area contributed by atoms with E-state index < -0.39 is 5.97 Å². The Morgan fingerprint density at radius 2 is 1.76 bits per heavy atom. The fraction of sp³-hybridized carbons (Fsp3) is 0.308. The predicted octanol–water partition coefficient (Wildman–Crippen LogP) is 4.79. The molecule has 8 nitrogen and oxygen atoms in total. The molecule has 3 aromatic heterocycles. The number of ether oxygens (including phenoxy) is 1. The van der Waals surface area contributed by atoms with Gasteiger partial charge >= 0.3 is 5.97 Å². The number of esters is 1. The lowest BCUT2D eigenvalue weighted by Crippen LogP contribution is -2.30. The normalized spacial score (nSPS) is 11.1. The highest BCUT2D eigenvalue weighted by Crippen LogP contribution is 2.30. The highest BCUT2D eigenvalue weighted by atomic mass is 16.5. The molecular weight excluding hydrogens is 434 g/mol. The number of amides is 1. The molecule has 176 valence electrons. The monoisotopic (exact) mass is 461 g/mol. The minimum atomic E-state index is -0.646. The molecule has 3 heterocycles. The summed E-state index contributed by atoms with van der Waals surface area (Å²) in [5, 5.41) is 4.40. The number of nitrogens with zero attached hydrogens (tertiary/aromatic N) is 3. The van der Waals surface area contributed by atoms with Crippen LogP contribution in [0.5, 0.6) is 0 Å². The van der Waals surface area contributed by atoms with Gasteiger partial charge in [0.15, 0.2) is 6.61 Å². The number of hydrogen-bond donors (Lipinski definition) is 0. The third-order valence-corrected chi connectivity index (χ3v) is 5.76. The summed E-state index contributed by atoms with van der Waals surface area (Å²) in [7, 11) is 1.68. The molecule has 34 heavy (non-hydrogen) atoms. The summed E-state index contributed by atoms with van der Waals surface area (Å²) in [4.78, 5) is 31.7. The van der Waals surface area contributed by atoms with E-state index in [1.807, 2.05) is 44.2 Å². The van der Waals surface area contributed by atoms with Gasteiger partial charge in [-0.15, -0.1) is 0 Å². The highest BCUT2D eigenvalue weighted by Gasteiger charge is 2.23. The van der Waals surface area contributed by atoms with E-state index in [0.29, 0.717) is 29.1 Å². The maximum Gasteiger partial charge on any atom is 0.339 e. The molecule has 0 N–H and O–H groups in total. The number of fused-ring (bicyclic) bond motifs is 1. The minimum Gasteiger partial charge on any atom is -0.466 e. The summed E-state index contributed by atoms with van der Waals surface area (Å²) < 4.78 is 16.3. The van der Waals surface area contributed by atoms with Gasteiger partial charge in [0.05, 0.1) is 22.3 Å². The first kappa shape index (κ1) is 23.2. The molecule has 0 atom stereocenters. The fourth-order valence-corrected chi connectivity index (χ4v) is 3.84. The van der Waals surface area contributed by atoms with Gasteiger partial charge in [0.25, 0.3) is 11.6 Å². The Bertz CT molecular complexity index is 1350. The number of furan rings is 1. The van der Waals surface area contributed by atoms with E-state index in [0.717, 1.165) is 23.3 Å². The Morgan fingerprint density at radius 1 is 1.06 bits per heavy atom. The van der Waals surface area contributed by atoms with E-state index in [-0.39, 0.29) is 23.8 Å². The van der Waals surface area contributed by atoms with Crippen molar-refractivity contribution < 1.29 is 23.3 Å². The zero-order valence-corrected chi connectivity index (χ0v) is 20.0. The first-order valence-electron chi connectivity index (χ1n) is 11.1.